The van der Waals surface area contributed by atoms with E-state index >= 15 is 0 Å². The van der Waals surface area contributed by atoms with Gasteiger partial charge in [-0.3, -0.25) is 4.57 Å². The number of fused-ring (bicyclic) bond motifs is 1. The minimum Gasteiger partial charge on any atom is -0.508 e. The standard InChI is InChI=1S/C12H14N4O2/c17-10-3-1-9(2-4-10)16-12(18)15-8-7-13-6-5-11(15)14-16/h1-4,13,17H,5-8H2. The van der Waals surface area contributed by atoms with Gasteiger partial charge in [0.25, 0.3) is 0 Å². The van der Waals surface area contributed by atoms with Gasteiger partial charge in [-0.25, -0.2) is 4.79 Å². The quantitative estimate of drug-likeness (QED) is 0.736. The fraction of sp³-hybridized carbons (Fsp3) is 0.333. The van der Waals surface area contributed by atoms with Gasteiger partial charge in [0.05, 0.1) is 5.69 Å². The van der Waals surface area contributed by atoms with Gasteiger partial charge in [0.1, 0.15) is 11.6 Å². The van der Waals surface area contributed by atoms with E-state index in [-0.39, 0.29) is 11.4 Å². The molecule has 94 valence electrons. The SMILES string of the molecule is O=c1n(-c2ccc(O)cc2)nc2n1CCNCC2. The van der Waals surface area contributed by atoms with Gasteiger partial charge in [-0.1, -0.05) is 0 Å². The number of benzene rings is 1. The highest BCUT2D eigenvalue weighted by Gasteiger charge is 2.15. The van der Waals surface area contributed by atoms with Gasteiger partial charge in [-0.15, -0.1) is 5.10 Å². The van der Waals surface area contributed by atoms with Crippen LogP contribution >= 0.6 is 0 Å². The molecule has 2 heterocycles. The van der Waals surface area contributed by atoms with Crippen LogP contribution in [0.25, 0.3) is 5.69 Å². The van der Waals surface area contributed by atoms with Crippen LogP contribution in [0.5, 0.6) is 5.75 Å². The summed E-state index contributed by atoms with van der Waals surface area (Å²) >= 11 is 0. The first-order chi connectivity index (χ1) is 8.75. The van der Waals surface area contributed by atoms with Gasteiger partial charge in [-0.05, 0) is 24.3 Å². The molecule has 6 nitrogen and oxygen atoms in total. The van der Waals surface area contributed by atoms with Gasteiger partial charge in [0, 0.05) is 26.1 Å². The van der Waals surface area contributed by atoms with E-state index in [2.05, 4.69) is 10.4 Å². The third-order valence-corrected chi connectivity index (χ3v) is 3.07. The van der Waals surface area contributed by atoms with Crippen LogP contribution in [0, 0.1) is 0 Å². The number of aromatic nitrogens is 3. The van der Waals surface area contributed by atoms with Crippen molar-refractivity contribution < 1.29 is 5.11 Å². The van der Waals surface area contributed by atoms with Crippen molar-refractivity contribution in [1.82, 2.24) is 19.7 Å². The molecule has 0 fully saturated rings. The second-order valence-corrected chi connectivity index (χ2v) is 4.28. The predicted molar refractivity (Wildman–Crippen MR) is 66.1 cm³/mol. The number of hydrogen-bond acceptors (Lipinski definition) is 4. The minimum atomic E-state index is -0.126. The van der Waals surface area contributed by atoms with Crippen LogP contribution in [0.2, 0.25) is 0 Å². The van der Waals surface area contributed by atoms with E-state index in [0.717, 1.165) is 25.3 Å². The molecule has 0 atom stereocenters. The van der Waals surface area contributed by atoms with Gasteiger partial charge >= 0.3 is 5.69 Å². The van der Waals surface area contributed by atoms with E-state index in [1.54, 1.807) is 28.8 Å². The Balaban J connectivity index is 2.08. The topological polar surface area (TPSA) is 72.1 Å². The molecule has 2 aromatic rings. The van der Waals surface area contributed by atoms with Crippen molar-refractivity contribution in [2.75, 3.05) is 13.1 Å². The number of nitrogens with one attached hydrogen (secondary N) is 1. The molecule has 6 heteroatoms. The molecule has 0 amide bonds. The number of phenols is 1. The number of hydrogen-bond donors (Lipinski definition) is 2. The Morgan fingerprint density at radius 3 is 2.78 bits per heavy atom. The molecule has 0 bridgehead atoms. The van der Waals surface area contributed by atoms with Gasteiger partial charge in [0.15, 0.2) is 0 Å². The first kappa shape index (κ1) is 11.0. The number of nitrogens with zero attached hydrogens (tertiary/aromatic N) is 3. The number of phenolic OH excluding ortho intramolecular Hbond substituents is 1. The second kappa shape index (κ2) is 4.30. The summed E-state index contributed by atoms with van der Waals surface area (Å²) in [5.41, 5.74) is 0.547. The summed E-state index contributed by atoms with van der Waals surface area (Å²) in [6.07, 6.45) is 0.750. The molecule has 2 N–H and O–H groups in total. The van der Waals surface area contributed by atoms with E-state index < -0.39 is 0 Å². The molecule has 1 aromatic carbocycles. The Kier molecular flexibility index (Phi) is 2.64. The Morgan fingerprint density at radius 1 is 1.22 bits per heavy atom. The summed E-state index contributed by atoms with van der Waals surface area (Å²) in [6.45, 7) is 2.27. The van der Waals surface area contributed by atoms with E-state index in [4.69, 9.17) is 0 Å². The van der Waals surface area contributed by atoms with Crippen LogP contribution in [0.4, 0.5) is 0 Å². The molecule has 3 rings (SSSR count). The smallest absolute Gasteiger partial charge is 0.350 e. The van der Waals surface area contributed by atoms with Gasteiger partial charge in [-0.2, -0.15) is 4.68 Å². The van der Waals surface area contributed by atoms with Crippen molar-refractivity contribution in [2.45, 2.75) is 13.0 Å². The largest absolute Gasteiger partial charge is 0.508 e. The summed E-state index contributed by atoms with van der Waals surface area (Å²) in [5.74, 6) is 0.981. The number of rotatable bonds is 1. The van der Waals surface area contributed by atoms with E-state index in [1.807, 2.05) is 0 Å². The minimum absolute atomic E-state index is 0.126. The first-order valence-electron chi connectivity index (χ1n) is 5.94. The van der Waals surface area contributed by atoms with Crippen LogP contribution in [0.1, 0.15) is 5.82 Å². The molecule has 1 aliphatic rings. The van der Waals surface area contributed by atoms with Crippen LogP contribution in [0.3, 0.4) is 0 Å². The zero-order valence-electron chi connectivity index (χ0n) is 9.83. The molecule has 0 unspecified atom stereocenters. The lowest BCUT2D eigenvalue weighted by molar-refractivity contribution is 0.475. The lowest BCUT2D eigenvalue weighted by atomic mass is 10.3. The highest BCUT2D eigenvalue weighted by molar-refractivity contribution is 5.35. The van der Waals surface area contributed by atoms with Crippen LogP contribution in [-0.4, -0.2) is 32.5 Å². The normalized spacial score (nSPS) is 15.1. The average molecular weight is 246 g/mol. The Morgan fingerprint density at radius 2 is 2.00 bits per heavy atom. The predicted octanol–water partition coefficient (Wildman–Crippen LogP) is -0.115. The van der Waals surface area contributed by atoms with Crippen molar-refractivity contribution in [2.24, 2.45) is 0 Å². The molecular formula is C12H14N4O2. The molecule has 0 spiro atoms. The maximum atomic E-state index is 12.2. The summed E-state index contributed by atoms with van der Waals surface area (Å²) in [6, 6.07) is 6.46. The Bertz CT molecular complexity index is 612. The number of aromatic hydroxyl groups is 1. The molecule has 0 saturated carbocycles. The van der Waals surface area contributed by atoms with Crippen molar-refractivity contribution in [3.8, 4) is 11.4 Å². The summed E-state index contributed by atoms with van der Waals surface area (Å²) in [7, 11) is 0. The molecule has 18 heavy (non-hydrogen) atoms. The van der Waals surface area contributed by atoms with E-state index in [1.165, 1.54) is 4.68 Å². The van der Waals surface area contributed by atoms with Crippen LogP contribution in [0.15, 0.2) is 29.1 Å². The van der Waals surface area contributed by atoms with Crippen molar-refractivity contribution in [1.29, 1.82) is 0 Å². The lowest BCUT2D eigenvalue weighted by Crippen LogP contribution is -2.27. The summed E-state index contributed by atoms with van der Waals surface area (Å²) in [4.78, 5) is 12.2. The third kappa shape index (κ3) is 1.80. The van der Waals surface area contributed by atoms with Gasteiger partial charge < -0.3 is 10.4 Å². The molecule has 0 aliphatic carbocycles. The Hall–Kier alpha value is -2.08. The molecule has 0 radical (unpaired) electrons. The highest BCUT2D eigenvalue weighted by Crippen LogP contribution is 2.12. The monoisotopic (exact) mass is 246 g/mol. The molecular weight excluding hydrogens is 232 g/mol. The van der Waals surface area contributed by atoms with Crippen molar-refractivity contribution in [3.05, 3.63) is 40.6 Å². The maximum Gasteiger partial charge on any atom is 0.350 e. The van der Waals surface area contributed by atoms with Crippen LogP contribution < -0.4 is 11.0 Å². The highest BCUT2D eigenvalue weighted by atomic mass is 16.3. The van der Waals surface area contributed by atoms with Crippen molar-refractivity contribution >= 4 is 0 Å². The molecule has 1 aromatic heterocycles. The molecule has 0 saturated heterocycles. The lowest BCUT2D eigenvalue weighted by Gasteiger charge is -2.00. The molecule has 1 aliphatic heterocycles. The zero-order valence-corrected chi connectivity index (χ0v) is 9.83. The summed E-state index contributed by atoms with van der Waals surface area (Å²) < 4.78 is 3.09. The Labute approximate surface area is 103 Å². The van der Waals surface area contributed by atoms with Crippen LogP contribution in [-0.2, 0) is 13.0 Å². The maximum absolute atomic E-state index is 12.2. The van der Waals surface area contributed by atoms with Gasteiger partial charge in [0.2, 0.25) is 0 Å². The third-order valence-electron chi connectivity index (χ3n) is 3.07. The van der Waals surface area contributed by atoms with E-state index in [0.29, 0.717) is 12.2 Å². The summed E-state index contributed by atoms with van der Waals surface area (Å²) in [5, 5.41) is 16.8. The van der Waals surface area contributed by atoms with Crippen molar-refractivity contribution in [3.63, 3.8) is 0 Å². The first-order valence-corrected chi connectivity index (χ1v) is 5.94. The fourth-order valence-electron chi connectivity index (χ4n) is 2.12. The second-order valence-electron chi connectivity index (χ2n) is 4.28. The average Bonchev–Trinajstić information content (AvgIpc) is 2.57. The zero-order chi connectivity index (χ0) is 12.5. The fourth-order valence-corrected chi connectivity index (χ4v) is 2.12. The van der Waals surface area contributed by atoms with E-state index in [9.17, 15) is 9.90 Å².